The molecule has 6 nitrogen and oxygen atoms in total. The van der Waals surface area contributed by atoms with E-state index in [1.165, 1.54) is 0 Å². The van der Waals surface area contributed by atoms with Crippen molar-refractivity contribution in [2.45, 2.75) is 0 Å². The van der Waals surface area contributed by atoms with Gasteiger partial charge in [-0.05, 0) is 28.1 Å². The van der Waals surface area contributed by atoms with Crippen LogP contribution >= 0.6 is 15.9 Å². The summed E-state index contributed by atoms with van der Waals surface area (Å²) in [4.78, 5) is 12.0. The van der Waals surface area contributed by atoms with Gasteiger partial charge in [-0.1, -0.05) is 18.2 Å². The molecule has 0 aliphatic rings. The molecule has 19 heavy (non-hydrogen) atoms. The highest BCUT2D eigenvalue weighted by Gasteiger charge is 2.06. The van der Waals surface area contributed by atoms with Gasteiger partial charge in [-0.15, -0.1) is 5.10 Å². The van der Waals surface area contributed by atoms with E-state index in [2.05, 4.69) is 36.0 Å². The third kappa shape index (κ3) is 2.76. The number of hydrogen-bond donors (Lipinski definition) is 0. The summed E-state index contributed by atoms with van der Waals surface area (Å²) in [5, 5.41) is 4.19. The van der Waals surface area contributed by atoms with Gasteiger partial charge >= 0.3 is 12.0 Å². The highest BCUT2D eigenvalue weighted by atomic mass is 79.9. The van der Waals surface area contributed by atoms with Gasteiger partial charge in [0, 0.05) is 12.4 Å². The number of nitrogens with zero attached hydrogens (tertiary/aromatic N) is 5. The molecule has 3 rings (SSSR count). The van der Waals surface area contributed by atoms with Gasteiger partial charge in [0.15, 0.2) is 0 Å². The van der Waals surface area contributed by atoms with Crippen molar-refractivity contribution in [3.8, 4) is 17.7 Å². The van der Waals surface area contributed by atoms with Crippen LogP contribution in [-0.4, -0.2) is 24.7 Å². The predicted octanol–water partition coefficient (Wildman–Crippen LogP) is 2.61. The van der Waals surface area contributed by atoms with E-state index in [4.69, 9.17) is 4.74 Å². The maximum atomic E-state index is 5.35. The maximum Gasteiger partial charge on any atom is 0.343 e. The second kappa shape index (κ2) is 5.15. The van der Waals surface area contributed by atoms with E-state index in [0.29, 0.717) is 0 Å². The number of aromatic nitrogens is 5. The zero-order chi connectivity index (χ0) is 13.1. The monoisotopic (exact) mass is 317 g/mol. The largest absolute Gasteiger partial charge is 0.387 e. The van der Waals surface area contributed by atoms with Crippen LogP contribution in [0.2, 0.25) is 0 Å². The first kappa shape index (κ1) is 11.8. The molecule has 0 unspecified atom stereocenters. The fraction of sp³-hybridized carbons (Fsp3) is 0. The summed E-state index contributed by atoms with van der Waals surface area (Å²) in [6, 6.07) is 10.0. The van der Waals surface area contributed by atoms with Gasteiger partial charge in [-0.2, -0.15) is 4.98 Å². The minimum absolute atomic E-state index is 0.200. The molecule has 0 saturated heterocycles. The lowest BCUT2D eigenvalue weighted by molar-refractivity contribution is 0.406. The van der Waals surface area contributed by atoms with Gasteiger partial charge in [0.2, 0.25) is 0 Å². The van der Waals surface area contributed by atoms with E-state index in [1.54, 1.807) is 23.4 Å². The quantitative estimate of drug-likeness (QED) is 0.743. The maximum absolute atomic E-state index is 5.35. The molecule has 0 atom stereocenters. The normalized spacial score (nSPS) is 10.4. The zero-order valence-electron chi connectivity index (χ0n) is 9.64. The highest BCUT2D eigenvalue weighted by molar-refractivity contribution is 9.10. The number of benzene rings is 1. The summed E-state index contributed by atoms with van der Waals surface area (Å²) in [7, 11) is 0. The number of rotatable bonds is 3. The average molecular weight is 318 g/mol. The topological polar surface area (TPSA) is 65.7 Å². The second-order valence-corrected chi connectivity index (χ2v) is 4.51. The summed E-state index contributed by atoms with van der Waals surface area (Å²) in [5.74, 6) is 0. The smallest absolute Gasteiger partial charge is 0.343 e. The van der Waals surface area contributed by atoms with Crippen LogP contribution in [-0.2, 0) is 0 Å². The van der Waals surface area contributed by atoms with Crippen LogP contribution < -0.4 is 4.74 Å². The van der Waals surface area contributed by atoms with Crippen LogP contribution in [0.1, 0.15) is 0 Å². The van der Waals surface area contributed by atoms with Gasteiger partial charge in [0.1, 0.15) is 6.33 Å². The first-order valence-corrected chi connectivity index (χ1v) is 6.23. The summed E-state index contributed by atoms with van der Waals surface area (Å²) in [5.41, 5.74) is 0.904. The first-order valence-electron chi connectivity index (χ1n) is 5.44. The Labute approximate surface area is 117 Å². The molecule has 0 spiro atoms. The molecule has 0 aliphatic heterocycles. The minimum atomic E-state index is 0.200. The lowest BCUT2D eigenvalue weighted by Gasteiger charge is -1.99. The van der Waals surface area contributed by atoms with Crippen LogP contribution in [0.3, 0.4) is 0 Å². The van der Waals surface area contributed by atoms with Crippen LogP contribution in [0.4, 0.5) is 0 Å². The Morgan fingerprint density at radius 1 is 0.947 bits per heavy atom. The van der Waals surface area contributed by atoms with E-state index in [0.717, 1.165) is 10.2 Å². The molecule has 3 aromatic rings. The van der Waals surface area contributed by atoms with Crippen molar-refractivity contribution in [2.24, 2.45) is 0 Å². The van der Waals surface area contributed by atoms with Crippen molar-refractivity contribution in [2.75, 3.05) is 0 Å². The Morgan fingerprint density at radius 3 is 2.42 bits per heavy atom. The Hall–Kier alpha value is -2.28. The lowest BCUT2D eigenvalue weighted by Crippen LogP contribution is -1.96. The van der Waals surface area contributed by atoms with E-state index in [9.17, 15) is 0 Å². The Kier molecular flexibility index (Phi) is 3.20. The number of hydrogen-bond acceptors (Lipinski definition) is 5. The van der Waals surface area contributed by atoms with E-state index in [-0.39, 0.29) is 12.0 Å². The van der Waals surface area contributed by atoms with Crippen LogP contribution in [0.15, 0.2) is 53.5 Å². The Balaban J connectivity index is 1.80. The molecule has 0 saturated carbocycles. The molecule has 0 fully saturated rings. The van der Waals surface area contributed by atoms with Crippen molar-refractivity contribution in [1.29, 1.82) is 0 Å². The fourth-order valence-corrected chi connectivity index (χ4v) is 1.64. The molecule has 0 bridgehead atoms. The number of ether oxygens (including phenoxy) is 1. The Morgan fingerprint density at radius 2 is 1.68 bits per heavy atom. The molecule has 0 amide bonds. The molecule has 7 heteroatoms. The second-order valence-electron chi connectivity index (χ2n) is 3.59. The molecular formula is C12H8BrN5O. The molecule has 1 aromatic carbocycles. The van der Waals surface area contributed by atoms with Crippen molar-refractivity contribution in [1.82, 2.24) is 24.7 Å². The molecule has 0 radical (unpaired) electrons. The van der Waals surface area contributed by atoms with Crippen molar-refractivity contribution in [3.63, 3.8) is 0 Å². The van der Waals surface area contributed by atoms with Crippen molar-refractivity contribution < 1.29 is 4.74 Å². The third-order valence-electron chi connectivity index (χ3n) is 2.27. The molecule has 94 valence electrons. The summed E-state index contributed by atoms with van der Waals surface area (Å²) < 4.78 is 7.75. The number of para-hydroxylation sites is 1. The van der Waals surface area contributed by atoms with Crippen molar-refractivity contribution in [3.05, 3.63) is 53.5 Å². The molecule has 0 N–H and O–H groups in total. The summed E-state index contributed by atoms with van der Waals surface area (Å²) >= 11 is 3.25. The fourth-order valence-electron chi connectivity index (χ4n) is 1.43. The highest BCUT2D eigenvalue weighted by Crippen LogP contribution is 2.15. The van der Waals surface area contributed by atoms with E-state index < -0.39 is 0 Å². The van der Waals surface area contributed by atoms with Gasteiger partial charge in [-0.3, -0.25) is 0 Å². The third-order valence-corrected chi connectivity index (χ3v) is 2.68. The first-order chi connectivity index (χ1) is 9.31. The van der Waals surface area contributed by atoms with Gasteiger partial charge in [0.05, 0.1) is 10.2 Å². The molecular weight excluding hydrogens is 310 g/mol. The predicted molar refractivity (Wildman–Crippen MR) is 71.2 cm³/mol. The Bertz CT molecular complexity index is 668. The summed E-state index contributed by atoms with van der Waals surface area (Å²) in [6.45, 7) is 0. The standard InChI is InChI=1S/C12H8BrN5O/c13-9-6-14-11(15-7-9)19-12-16-8-18(17-12)10-4-2-1-3-5-10/h1-8H. The van der Waals surface area contributed by atoms with Crippen molar-refractivity contribution >= 4 is 15.9 Å². The van der Waals surface area contributed by atoms with Gasteiger partial charge in [-0.25, -0.2) is 14.6 Å². The average Bonchev–Trinajstić information content (AvgIpc) is 2.91. The zero-order valence-corrected chi connectivity index (χ0v) is 11.2. The van der Waals surface area contributed by atoms with Gasteiger partial charge < -0.3 is 4.74 Å². The minimum Gasteiger partial charge on any atom is -0.387 e. The van der Waals surface area contributed by atoms with E-state index in [1.807, 2.05) is 30.3 Å². The van der Waals surface area contributed by atoms with Crippen LogP contribution in [0, 0.1) is 0 Å². The molecule has 2 heterocycles. The summed E-state index contributed by atoms with van der Waals surface area (Å²) in [6.07, 6.45) is 4.76. The molecule has 2 aromatic heterocycles. The van der Waals surface area contributed by atoms with Crippen LogP contribution in [0.5, 0.6) is 12.0 Å². The lowest BCUT2D eigenvalue weighted by atomic mass is 10.3. The SMILES string of the molecule is Brc1cnc(Oc2ncn(-c3ccccc3)n2)nc1. The molecule has 0 aliphatic carbocycles. The number of halogens is 1. The van der Waals surface area contributed by atoms with Crippen LogP contribution in [0.25, 0.3) is 5.69 Å². The van der Waals surface area contributed by atoms with Gasteiger partial charge in [0.25, 0.3) is 0 Å². The van der Waals surface area contributed by atoms with E-state index >= 15 is 0 Å².